The standard InChI is InChI=1S/C19H12ClF3N4O4/c20-13-8-11(2-4-15(13)30-19(21,22)23)18-25-17(26-31-18)10-1-3-14-12(7-10)9-24-27(14)6-5-16(28)29/h1-4,7-9H,5-6H2,(H,28,29). The van der Waals surface area contributed by atoms with Gasteiger partial charge in [0, 0.05) is 16.5 Å². The minimum Gasteiger partial charge on any atom is -0.481 e. The first-order valence-corrected chi connectivity index (χ1v) is 9.14. The molecule has 0 aliphatic carbocycles. The van der Waals surface area contributed by atoms with Crippen molar-refractivity contribution in [1.82, 2.24) is 19.9 Å². The lowest BCUT2D eigenvalue weighted by Gasteiger charge is -2.10. The highest BCUT2D eigenvalue weighted by molar-refractivity contribution is 6.32. The molecule has 4 rings (SSSR count). The first kappa shape index (κ1) is 20.7. The van der Waals surface area contributed by atoms with Crippen LogP contribution in [0.2, 0.25) is 5.02 Å². The molecule has 0 saturated carbocycles. The summed E-state index contributed by atoms with van der Waals surface area (Å²) in [5.74, 6) is -1.14. The molecule has 0 unspecified atom stereocenters. The predicted molar refractivity (Wildman–Crippen MR) is 102 cm³/mol. The third-order valence-corrected chi connectivity index (χ3v) is 4.56. The summed E-state index contributed by atoms with van der Waals surface area (Å²) in [5.41, 5.74) is 1.69. The first-order valence-electron chi connectivity index (χ1n) is 8.77. The Morgan fingerprint density at radius 2 is 1.97 bits per heavy atom. The van der Waals surface area contributed by atoms with Gasteiger partial charge in [0.25, 0.3) is 5.89 Å². The van der Waals surface area contributed by atoms with Gasteiger partial charge in [0.1, 0.15) is 5.75 Å². The third-order valence-electron chi connectivity index (χ3n) is 4.27. The van der Waals surface area contributed by atoms with Crippen molar-refractivity contribution in [2.24, 2.45) is 0 Å². The lowest BCUT2D eigenvalue weighted by atomic mass is 10.1. The van der Waals surface area contributed by atoms with Gasteiger partial charge in [0.05, 0.1) is 29.7 Å². The molecular weight excluding hydrogens is 441 g/mol. The Kier molecular flexibility index (Phi) is 5.27. The average molecular weight is 453 g/mol. The smallest absolute Gasteiger partial charge is 0.481 e. The number of aryl methyl sites for hydroxylation is 1. The fraction of sp³-hybridized carbons (Fsp3) is 0.158. The summed E-state index contributed by atoms with van der Waals surface area (Å²) < 4.78 is 47.8. The number of alkyl halides is 3. The Hall–Kier alpha value is -3.60. The molecule has 12 heteroatoms. The van der Waals surface area contributed by atoms with Crippen molar-refractivity contribution in [3.05, 3.63) is 47.6 Å². The Balaban J connectivity index is 1.58. The zero-order valence-corrected chi connectivity index (χ0v) is 16.2. The molecule has 8 nitrogen and oxygen atoms in total. The number of aliphatic carboxylic acids is 1. The second-order valence-corrected chi connectivity index (χ2v) is 6.81. The molecule has 2 aromatic carbocycles. The van der Waals surface area contributed by atoms with Crippen LogP contribution >= 0.6 is 11.6 Å². The molecule has 0 fully saturated rings. The van der Waals surface area contributed by atoms with Crippen molar-refractivity contribution in [2.45, 2.75) is 19.3 Å². The summed E-state index contributed by atoms with van der Waals surface area (Å²) in [5, 5.41) is 17.4. The predicted octanol–water partition coefficient (Wildman–Crippen LogP) is 4.78. The van der Waals surface area contributed by atoms with Gasteiger partial charge in [-0.2, -0.15) is 10.1 Å². The number of rotatable bonds is 6. The number of ether oxygens (including phenoxy) is 1. The van der Waals surface area contributed by atoms with Crippen LogP contribution in [0.5, 0.6) is 5.75 Å². The molecule has 31 heavy (non-hydrogen) atoms. The summed E-state index contributed by atoms with van der Waals surface area (Å²) in [4.78, 5) is 15.0. The van der Waals surface area contributed by atoms with Gasteiger partial charge in [-0.1, -0.05) is 16.8 Å². The minimum atomic E-state index is -4.86. The summed E-state index contributed by atoms with van der Waals surface area (Å²) in [7, 11) is 0. The van der Waals surface area contributed by atoms with Crippen LogP contribution in [0.1, 0.15) is 6.42 Å². The van der Waals surface area contributed by atoms with E-state index < -0.39 is 18.1 Å². The van der Waals surface area contributed by atoms with Crippen molar-refractivity contribution in [1.29, 1.82) is 0 Å². The van der Waals surface area contributed by atoms with Gasteiger partial charge >= 0.3 is 12.3 Å². The van der Waals surface area contributed by atoms with Crippen molar-refractivity contribution in [3.63, 3.8) is 0 Å². The van der Waals surface area contributed by atoms with E-state index in [-0.39, 0.29) is 29.7 Å². The van der Waals surface area contributed by atoms with Gasteiger partial charge in [-0.05, 0) is 36.4 Å². The number of benzene rings is 2. The molecule has 160 valence electrons. The SMILES string of the molecule is O=C(O)CCn1ncc2cc(-c3noc(-c4ccc(OC(F)(F)F)c(Cl)c4)n3)ccc21. The zero-order valence-electron chi connectivity index (χ0n) is 15.4. The number of nitrogens with zero attached hydrogens (tertiary/aromatic N) is 4. The summed E-state index contributed by atoms with van der Waals surface area (Å²) in [6.07, 6.45) is -3.31. The normalized spacial score (nSPS) is 11.7. The molecular formula is C19H12ClF3N4O4. The molecule has 0 aliphatic heterocycles. The van der Waals surface area contributed by atoms with Crippen molar-refractivity contribution >= 4 is 28.5 Å². The number of carbonyl (C=O) groups is 1. The quantitative estimate of drug-likeness (QED) is 0.449. The van der Waals surface area contributed by atoms with E-state index in [1.807, 2.05) is 0 Å². The highest BCUT2D eigenvalue weighted by Crippen LogP contribution is 2.34. The molecule has 4 aromatic rings. The van der Waals surface area contributed by atoms with Crippen LogP contribution in [0.25, 0.3) is 33.7 Å². The maximum atomic E-state index is 12.4. The van der Waals surface area contributed by atoms with Gasteiger partial charge in [-0.3, -0.25) is 9.48 Å². The van der Waals surface area contributed by atoms with E-state index in [2.05, 4.69) is 20.0 Å². The Labute approximate surface area is 176 Å². The second kappa shape index (κ2) is 7.91. The molecule has 0 saturated heterocycles. The van der Waals surface area contributed by atoms with Crippen LogP contribution < -0.4 is 4.74 Å². The van der Waals surface area contributed by atoms with Gasteiger partial charge in [-0.25, -0.2) is 0 Å². The molecule has 0 spiro atoms. The number of aromatic nitrogens is 4. The van der Waals surface area contributed by atoms with Crippen LogP contribution in [-0.4, -0.2) is 37.4 Å². The van der Waals surface area contributed by atoms with E-state index in [4.69, 9.17) is 21.2 Å². The molecule has 0 bridgehead atoms. The molecule has 0 amide bonds. The zero-order chi connectivity index (χ0) is 22.2. The van der Waals surface area contributed by atoms with Crippen LogP contribution in [0, 0.1) is 0 Å². The Morgan fingerprint density at radius 1 is 1.19 bits per heavy atom. The van der Waals surface area contributed by atoms with Crippen LogP contribution in [0.4, 0.5) is 13.2 Å². The van der Waals surface area contributed by atoms with E-state index in [1.54, 1.807) is 29.1 Å². The van der Waals surface area contributed by atoms with Crippen molar-refractivity contribution in [2.75, 3.05) is 0 Å². The van der Waals surface area contributed by atoms with E-state index in [0.29, 0.717) is 11.1 Å². The summed E-state index contributed by atoms with van der Waals surface area (Å²) >= 11 is 5.86. The topological polar surface area (TPSA) is 103 Å². The molecule has 0 atom stereocenters. The maximum absolute atomic E-state index is 12.4. The molecule has 1 N–H and O–H groups in total. The fourth-order valence-corrected chi connectivity index (χ4v) is 3.12. The van der Waals surface area contributed by atoms with Crippen LogP contribution in [-0.2, 0) is 11.3 Å². The van der Waals surface area contributed by atoms with Crippen LogP contribution in [0.15, 0.2) is 47.1 Å². The lowest BCUT2D eigenvalue weighted by Crippen LogP contribution is -2.17. The number of hydrogen-bond donors (Lipinski definition) is 1. The highest BCUT2D eigenvalue weighted by atomic mass is 35.5. The van der Waals surface area contributed by atoms with Crippen molar-refractivity contribution < 1.29 is 32.3 Å². The Bertz CT molecular complexity index is 1270. The number of fused-ring (bicyclic) bond motifs is 1. The van der Waals surface area contributed by atoms with E-state index in [0.717, 1.165) is 17.0 Å². The fourth-order valence-electron chi connectivity index (χ4n) is 2.91. The Morgan fingerprint density at radius 3 is 2.68 bits per heavy atom. The van der Waals surface area contributed by atoms with Crippen LogP contribution in [0.3, 0.4) is 0 Å². The number of halogens is 4. The number of carboxylic acid groups (broad SMARTS) is 1. The second-order valence-electron chi connectivity index (χ2n) is 6.40. The summed E-state index contributed by atoms with van der Waals surface area (Å²) in [6.45, 7) is 0.235. The van der Waals surface area contributed by atoms with Crippen molar-refractivity contribution in [3.8, 4) is 28.6 Å². The van der Waals surface area contributed by atoms with E-state index in [9.17, 15) is 18.0 Å². The molecule has 0 radical (unpaired) electrons. The lowest BCUT2D eigenvalue weighted by molar-refractivity contribution is -0.274. The molecule has 0 aliphatic rings. The average Bonchev–Trinajstić information content (AvgIpc) is 3.33. The van der Waals surface area contributed by atoms with Gasteiger partial charge in [0.15, 0.2) is 0 Å². The third kappa shape index (κ3) is 4.61. The van der Waals surface area contributed by atoms with E-state index >= 15 is 0 Å². The molecule has 2 aromatic heterocycles. The van der Waals surface area contributed by atoms with Gasteiger partial charge in [0.2, 0.25) is 5.82 Å². The largest absolute Gasteiger partial charge is 0.573 e. The van der Waals surface area contributed by atoms with Gasteiger partial charge in [-0.15, -0.1) is 13.2 Å². The van der Waals surface area contributed by atoms with E-state index in [1.165, 1.54) is 12.1 Å². The molecule has 2 heterocycles. The maximum Gasteiger partial charge on any atom is 0.573 e. The first-order chi connectivity index (χ1) is 14.7. The summed E-state index contributed by atoms with van der Waals surface area (Å²) in [6, 6.07) is 8.86. The highest BCUT2D eigenvalue weighted by Gasteiger charge is 2.32. The minimum absolute atomic E-state index is 0.0535. The number of hydrogen-bond acceptors (Lipinski definition) is 6. The number of carboxylic acids is 1. The monoisotopic (exact) mass is 452 g/mol. The van der Waals surface area contributed by atoms with Gasteiger partial charge < -0.3 is 14.4 Å².